The largest absolute Gasteiger partial charge is 0.370 e. The molecule has 0 spiro atoms. The molecule has 2 N–H and O–H groups in total. The molecule has 3 rings (SSSR count). The molecule has 6 heteroatoms. The minimum atomic E-state index is 0.602. The highest BCUT2D eigenvalue weighted by atomic mass is 35.5. The summed E-state index contributed by atoms with van der Waals surface area (Å²) >= 11 is 11.9. The molecule has 0 aliphatic heterocycles. The van der Waals surface area contributed by atoms with Gasteiger partial charge in [-0.2, -0.15) is 4.98 Å². The van der Waals surface area contributed by atoms with E-state index in [4.69, 9.17) is 23.2 Å². The molecule has 1 aromatic heterocycles. The van der Waals surface area contributed by atoms with Gasteiger partial charge in [-0.15, -0.1) is 0 Å². The van der Waals surface area contributed by atoms with Gasteiger partial charge < -0.3 is 10.6 Å². The summed E-state index contributed by atoms with van der Waals surface area (Å²) in [4.78, 5) is 8.97. The van der Waals surface area contributed by atoms with Crippen LogP contribution in [0.25, 0.3) is 0 Å². The fourth-order valence-corrected chi connectivity index (χ4v) is 2.89. The van der Waals surface area contributed by atoms with Gasteiger partial charge in [-0.05, 0) is 48.7 Å². The molecule has 0 aliphatic carbocycles. The summed E-state index contributed by atoms with van der Waals surface area (Å²) in [5.41, 5.74) is 3.22. The lowest BCUT2D eigenvalue weighted by Gasteiger charge is -2.10. The zero-order valence-corrected chi connectivity index (χ0v) is 16.0. The molecular weight excluding hydrogens is 367 g/mol. The number of hydrogen-bond acceptors (Lipinski definition) is 4. The fraction of sp³-hybridized carbons (Fsp3) is 0.200. The topological polar surface area (TPSA) is 49.8 Å². The number of hydrogen-bond donors (Lipinski definition) is 2. The lowest BCUT2D eigenvalue weighted by molar-refractivity contribution is 0.982. The first-order valence-corrected chi connectivity index (χ1v) is 9.16. The number of anilines is 2. The van der Waals surface area contributed by atoms with Crippen molar-refractivity contribution >= 4 is 35.0 Å². The van der Waals surface area contributed by atoms with Gasteiger partial charge in [0.25, 0.3) is 0 Å². The third-order valence-corrected chi connectivity index (χ3v) is 4.31. The molecule has 0 aliphatic rings. The first-order chi connectivity index (χ1) is 12.6. The van der Waals surface area contributed by atoms with E-state index in [1.165, 1.54) is 5.56 Å². The van der Waals surface area contributed by atoms with Crippen molar-refractivity contribution in [2.24, 2.45) is 0 Å². The molecule has 1 heterocycles. The summed E-state index contributed by atoms with van der Waals surface area (Å²) in [6.07, 6.45) is 0.872. The standard InChI is InChI=1S/C20H20Cl2N4/c1-14-11-19(23-10-9-15-3-2-4-18(22)12-15)26-20(25-14)24-13-16-5-7-17(21)8-6-16/h2-8,11-12H,9-10,13H2,1H3,(H2,23,24,25,26). The van der Waals surface area contributed by atoms with Gasteiger partial charge in [0, 0.05) is 34.9 Å². The van der Waals surface area contributed by atoms with Crippen LogP contribution < -0.4 is 10.6 Å². The predicted octanol–water partition coefficient (Wildman–Crippen LogP) is 5.36. The minimum absolute atomic E-state index is 0.602. The van der Waals surface area contributed by atoms with E-state index in [1.54, 1.807) is 0 Å². The highest BCUT2D eigenvalue weighted by molar-refractivity contribution is 6.30. The summed E-state index contributed by atoms with van der Waals surface area (Å²) in [5, 5.41) is 8.09. The molecule has 3 aromatic rings. The van der Waals surface area contributed by atoms with E-state index in [-0.39, 0.29) is 0 Å². The van der Waals surface area contributed by atoms with E-state index in [9.17, 15) is 0 Å². The molecule has 134 valence electrons. The van der Waals surface area contributed by atoms with Gasteiger partial charge >= 0.3 is 0 Å². The Balaban J connectivity index is 1.57. The van der Waals surface area contributed by atoms with Gasteiger partial charge in [0.15, 0.2) is 0 Å². The first kappa shape index (κ1) is 18.5. The monoisotopic (exact) mass is 386 g/mol. The second-order valence-corrected chi connectivity index (χ2v) is 6.88. The SMILES string of the molecule is Cc1cc(NCCc2cccc(Cl)c2)nc(NCc2ccc(Cl)cc2)n1. The number of aromatic nitrogens is 2. The van der Waals surface area contributed by atoms with Gasteiger partial charge in [0.1, 0.15) is 5.82 Å². The molecule has 0 fully saturated rings. The van der Waals surface area contributed by atoms with Gasteiger partial charge in [0.2, 0.25) is 5.95 Å². The van der Waals surface area contributed by atoms with Crippen LogP contribution in [0.3, 0.4) is 0 Å². The maximum Gasteiger partial charge on any atom is 0.225 e. The van der Waals surface area contributed by atoms with E-state index < -0.39 is 0 Å². The third-order valence-electron chi connectivity index (χ3n) is 3.83. The summed E-state index contributed by atoms with van der Waals surface area (Å²) in [6, 6.07) is 17.5. The number of halogens is 2. The summed E-state index contributed by atoms with van der Waals surface area (Å²) in [6.45, 7) is 3.37. The number of nitrogens with one attached hydrogen (secondary N) is 2. The molecule has 26 heavy (non-hydrogen) atoms. The van der Waals surface area contributed by atoms with Crippen molar-refractivity contribution in [3.05, 3.63) is 81.5 Å². The average Bonchev–Trinajstić information content (AvgIpc) is 2.61. The van der Waals surface area contributed by atoms with Crippen LogP contribution in [0.2, 0.25) is 10.0 Å². The Kier molecular flexibility index (Phi) is 6.31. The number of nitrogens with zero attached hydrogens (tertiary/aromatic N) is 2. The second-order valence-electron chi connectivity index (χ2n) is 6.00. The van der Waals surface area contributed by atoms with E-state index in [0.717, 1.165) is 40.1 Å². The maximum absolute atomic E-state index is 6.02. The normalized spacial score (nSPS) is 10.6. The number of rotatable bonds is 7. The second kappa shape index (κ2) is 8.88. The zero-order valence-electron chi connectivity index (χ0n) is 14.5. The molecular formula is C20H20Cl2N4. The lowest BCUT2D eigenvalue weighted by Crippen LogP contribution is -2.10. The van der Waals surface area contributed by atoms with Crippen LogP contribution in [0.4, 0.5) is 11.8 Å². The molecule has 2 aromatic carbocycles. The molecule has 0 saturated heterocycles. The van der Waals surface area contributed by atoms with Gasteiger partial charge in [-0.25, -0.2) is 4.98 Å². The summed E-state index contributed by atoms with van der Waals surface area (Å²) < 4.78 is 0. The smallest absolute Gasteiger partial charge is 0.225 e. The Bertz CT molecular complexity index is 866. The summed E-state index contributed by atoms with van der Waals surface area (Å²) in [7, 11) is 0. The Labute approximate surface area is 163 Å². The number of benzene rings is 2. The molecule has 0 amide bonds. The van der Waals surface area contributed by atoms with Crippen molar-refractivity contribution in [1.29, 1.82) is 0 Å². The average molecular weight is 387 g/mol. The lowest BCUT2D eigenvalue weighted by atomic mass is 10.1. The van der Waals surface area contributed by atoms with Crippen LogP contribution in [0.15, 0.2) is 54.6 Å². The van der Waals surface area contributed by atoms with Gasteiger partial charge in [0.05, 0.1) is 0 Å². The first-order valence-electron chi connectivity index (χ1n) is 8.41. The zero-order chi connectivity index (χ0) is 18.4. The van der Waals surface area contributed by atoms with Crippen LogP contribution >= 0.6 is 23.2 Å². The van der Waals surface area contributed by atoms with Crippen LogP contribution in [-0.2, 0) is 13.0 Å². The minimum Gasteiger partial charge on any atom is -0.370 e. The van der Waals surface area contributed by atoms with Gasteiger partial charge in [-0.3, -0.25) is 0 Å². The van der Waals surface area contributed by atoms with Crippen molar-refractivity contribution in [3.8, 4) is 0 Å². The Morgan fingerprint density at radius 1 is 0.846 bits per heavy atom. The van der Waals surface area contributed by atoms with Crippen molar-refractivity contribution in [3.63, 3.8) is 0 Å². The molecule has 0 bridgehead atoms. The van der Waals surface area contributed by atoms with Crippen molar-refractivity contribution < 1.29 is 0 Å². The third kappa shape index (κ3) is 5.61. The van der Waals surface area contributed by atoms with E-state index in [0.29, 0.717) is 12.5 Å². The predicted molar refractivity (Wildman–Crippen MR) is 109 cm³/mol. The quantitative estimate of drug-likeness (QED) is 0.573. The van der Waals surface area contributed by atoms with E-state index in [2.05, 4.69) is 26.7 Å². The van der Waals surface area contributed by atoms with Crippen LogP contribution in [0, 0.1) is 6.92 Å². The number of aryl methyl sites for hydroxylation is 1. The molecule has 0 radical (unpaired) electrons. The van der Waals surface area contributed by atoms with E-state index >= 15 is 0 Å². The molecule has 0 unspecified atom stereocenters. The molecule has 0 saturated carbocycles. The Morgan fingerprint density at radius 2 is 1.65 bits per heavy atom. The highest BCUT2D eigenvalue weighted by Gasteiger charge is 2.03. The Morgan fingerprint density at radius 3 is 2.42 bits per heavy atom. The summed E-state index contributed by atoms with van der Waals surface area (Å²) in [5.74, 6) is 1.41. The Hall–Kier alpha value is -2.30. The van der Waals surface area contributed by atoms with E-state index in [1.807, 2.05) is 55.5 Å². The molecule has 0 atom stereocenters. The van der Waals surface area contributed by atoms with Crippen LogP contribution in [-0.4, -0.2) is 16.5 Å². The van der Waals surface area contributed by atoms with Crippen molar-refractivity contribution in [2.75, 3.05) is 17.2 Å². The van der Waals surface area contributed by atoms with Crippen LogP contribution in [0.1, 0.15) is 16.8 Å². The van der Waals surface area contributed by atoms with Crippen molar-refractivity contribution in [2.45, 2.75) is 19.9 Å². The molecule has 4 nitrogen and oxygen atoms in total. The van der Waals surface area contributed by atoms with Gasteiger partial charge in [-0.1, -0.05) is 47.5 Å². The van der Waals surface area contributed by atoms with Crippen molar-refractivity contribution in [1.82, 2.24) is 9.97 Å². The maximum atomic E-state index is 6.02. The van der Waals surface area contributed by atoms with Crippen LogP contribution in [0.5, 0.6) is 0 Å². The fourth-order valence-electron chi connectivity index (χ4n) is 2.55. The highest BCUT2D eigenvalue weighted by Crippen LogP contribution is 2.14.